The summed E-state index contributed by atoms with van der Waals surface area (Å²) >= 11 is 0. The average molecular weight is 526 g/mol. The number of likely N-dealkylation sites (N-methyl/N-ethyl adjacent to an activating group) is 1. The Bertz CT molecular complexity index is 1340. The minimum absolute atomic E-state index is 0.373. The molecule has 0 fully saturated rings. The summed E-state index contributed by atoms with van der Waals surface area (Å²) in [7, 11) is 4.02. The molecule has 8 heteroatoms. The molecule has 0 spiro atoms. The molecule has 1 N–H and O–H groups in total. The number of para-hydroxylation sites is 1. The zero-order valence-corrected chi connectivity index (χ0v) is 22.9. The van der Waals surface area contributed by atoms with Gasteiger partial charge in [-0.15, -0.1) is 0 Å². The lowest BCUT2D eigenvalue weighted by atomic mass is 10.1. The van der Waals surface area contributed by atoms with Gasteiger partial charge < -0.3 is 19.7 Å². The second-order valence-corrected chi connectivity index (χ2v) is 9.52. The molecule has 0 atom stereocenters. The Morgan fingerprint density at radius 1 is 0.872 bits per heavy atom. The molecule has 0 unspecified atom stereocenters. The van der Waals surface area contributed by atoms with E-state index in [4.69, 9.17) is 9.47 Å². The van der Waals surface area contributed by atoms with Gasteiger partial charge in [-0.25, -0.2) is 9.78 Å². The standard InChI is InChI=1S/C31H35N5O3/c1-23-9-8-10-24(2)29(23)39-31(37)36(20-18-25-11-6-5-7-12-25)28-17-19-32-30(34-28)33-26-13-15-27(16-14-26)38-22-21-35(3)4/h5-17,19H,18,20-22H2,1-4H3,(H,32,33,34). The molecule has 0 radical (unpaired) electrons. The van der Waals surface area contributed by atoms with E-state index in [0.29, 0.717) is 37.1 Å². The number of nitrogens with one attached hydrogen (secondary N) is 1. The van der Waals surface area contributed by atoms with Crippen LogP contribution in [0.5, 0.6) is 11.5 Å². The van der Waals surface area contributed by atoms with Gasteiger partial charge in [0.05, 0.1) is 0 Å². The van der Waals surface area contributed by atoms with Gasteiger partial charge in [-0.2, -0.15) is 4.98 Å². The van der Waals surface area contributed by atoms with Crippen LogP contribution in [0.2, 0.25) is 0 Å². The number of carbonyl (C=O) groups excluding carboxylic acids is 1. The monoisotopic (exact) mass is 525 g/mol. The molecule has 0 bridgehead atoms. The zero-order chi connectivity index (χ0) is 27.6. The number of ether oxygens (including phenoxy) is 2. The number of nitrogens with zero attached hydrogens (tertiary/aromatic N) is 4. The average Bonchev–Trinajstić information content (AvgIpc) is 2.93. The highest BCUT2D eigenvalue weighted by atomic mass is 16.6. The number of hydrogen-bond donors (Lipinski definition) is 1. The van der Waals surface area contributed by atoms with Crippen LogP contribution in [0.3, 0.4) is 0 Å². The third-order valence-electron chi connectivity index (χ3n) is 6.12. The third kappa shape index (κ3) is 8.02. The summed E-state index contributed by atoms with van der Waals surface area (Å²) in [6.45, 7) is 5.70. The fraction of sp³-hybridized carbons (Fsp3) is 0.258. The number of benzene rings is 3. The number of aromatic nitrogens is 2. The highest BCUT2D eigenvalue weighted by molar-refractivity contribution is 5.88. The molecule has 0 saturated carbocycles. The van der Waals surface area contributed by atoms with Crippen LogP contribution in [0, 0.1) is 13.8 Å². The minimum Gasteiger partial charge on any atom is -0.492 e. The van der Waals surface area contributed by atoms with Gasteiger partial charge in [0.1, 0.15) is 23.9 Å². The fourth-order valence-electron chi connectivity index (χ4n) is 3.96. The fourth-order valence-corrected chi connectivity index (χ4v) is 3.96. The van der Waals surface area contributed by atoms with Crippen LogP contribution in [-0.4, -0.2) is 54.8 Å². The van der Waals surface area contributed by atoms with Gasteiger partial charge in [-0.3, -0.25) is 4.90 Å². The number of rotatable bonds is 11. The van der Waals surface area contributed by atoms with E-state index < -0.39 is 6.09 Å². The van der Waals surface area contributed by atoms with E-state index in [1.165, 1.54) is 0 Å². The van der Waals surface area contributed by atoms with Crippen molar-refractivity contribution in [2.24, 2.45) is 0 Å². The summed E-state index contributed by atoms with van der Waals surface area (Å²) in [5, 5.41) is 3.22. The van der Waals surface area contributed by atoms with Crippen molar-refractivity contribution < 1.29 is 14.3 Å². The molecule has 1 amide bonds. The van der Waals surface area contributed by atoms with E-state index in [1.807, 2.05) is 101 Å². The number of hydrogen-bond acceptors (Lipinski definition) is 7. The lowest BCUT2D eigenvalue weighted by molar-refractivity contribution is 0.206. The number of amides is 1. The summed E-state index contributed by atoms with van der Waals surface area (Å²) in [5.74, 6) is 2.17. The Morgan fingerprint density at radius 2 is 1.59 bits per heavy atom. The van der Waals surface area contributed by atoms with Crippen LogP contribution < -0.4 is 19.7 Å². The number of aryl methyl sites for hydroxylation is 2. The minimum atomic E-state index is -0.493. The lowest BCUT2D eigenvalue weighted by Crippen LogP contribution is -2.36. The van der Waals surface area contributed by atoms with E-state index in [-0.39, 0.29) is 0 Å². The van der Waals surface area contributed by atoms with Gasteiger partial charge in [0.2, 0.25) is 5.95 Å². The lowest BCUT2D eigenvalue weighted by Gasteiger charge is -2.22. The molecule has 3 aromatic carbocycles. The van der Waals surface area contributed by atoms with E-state index in [2.05, 4.69) is 20.2 Å². The van der Waals surface area contributed by atoms with Crippen molar-refractivity contribution in [3.63, 3.8) is 0 Å². The van der Waals surface area contributed by atoms with E-state index in [0.717, 1.165) is 34.7 Å². The Hall–Kier alpha value is -4.43. The van der Waals surface area contributed by atoms with Gasteiger partial charge >= 0.3 is 6.09 Å². The molecule has 4 rings (SSSR count). The van der Waals surface area contributed by atoms with Gasteiger partial charge in [-0.05, 0) is 81.4 Å². The molecule has 8 nitrogen and oxygen atoms in total. The van der Waals surface area contributed by atoms with Gasteiger partial charge in [0.25, 0.3) is 0 Å². The Morgan fingerprint density at radius 3 is 2.28 bits per heavy atom. The second-order valence-electron chi connectivity index (χ2n) is 9.52. The third-order valence-corrected chi connectivity index (χ3v) is 6.12. The summed E-state index contributed by atoms with van der Waals surface area (Å²) in [6, 6.07) is 25.1. The summed E-state index contributed by atoms with van der Waals surface area (Å²) in [5.41, 5.74) is 3.71. The van der Waals surface area contributed by atoms with Crippen molar-refractivity contribution in [1.29, 1.82) is 0 Å². The first-order valence-electron chi connectivity index (χ1n) is 13.0. The van der Waals surface area contributed by atoms with Crippen molar-refractivity contribution in [3.8, 4) is 11.5 Å². The van der Waals surface area contributed by atoms with Crippen LogP contribution in [0.1, 0.15) is 16.7 Å². The summed E-state index contributed by atoms with van der Waals surface area (Å²) < 4.78 is 11.7. The van der Waals surface area contributed by atoms with Crippen LogP contribution in [0.25, 0.3) is 0 Å². The highest BCUT2D eigenvalue weighted by Crippen LogP contribution is 2.25. The highest BCUT2D eigenvalue weighted by Gasteiger charge is 2.21. The second kappa shape index (κ2) is 13.4. The molecule has 0 aliphatic rings. The Labute approximate surface area is 230 Å². The first kappa shape index (κ1) is 27.6. The maximum absolute atomic E-state index is 13.5. The maximum Gasteiger partial charge on any atom is 0.420 e. The predicted molar refractivity (Wildman–Crippen MR) is 155 cm³/mol. The van der Waals surface area contributed by atoms with Crippen molar-refractivity contribution >= 4 is 23.5 Å². The molecule has 4 aromatic rings. The normalized spacial score (nSPS) is 10.8. The van der Waals surface area contributed by atoms with Gasteiger partial charge in [0, 0.05) is 25.0 Å². The largest absolute Gasteiger partial charge is 0.492 e. The summed E-state index contributed by atoms with van der Waals surface area (Å²) in [4.78, 5) is 26.1. The molecular formula is C31H35N5O3. The van der Waals surface area contributed by atoms with Crippen LogP contribution in [0.15, 0.2) is 85.1 Å². The van der Waals surface area contributed by atoms with Crippen molar-refractivity contribution in [2.75, 3.05) is 44.0 Å². The molecule has 0 aliphatic carbocycles. The van der Waals surface area contributed by atoms with Crippen LogP contribution in [0.4, 0.5) is 22.2 Å². The van der Waals surface area contributed by atoms with Crippen molar-refractivity contribution in [1.82, 2.24) is 14.9 Å². The number of carbonyl (C=O) groups is 1. The van der Waals surface area contributed by atoms with Gasteiger partial charge in [-0.1, -0.05) is 48.5 Å². The summed E-state index contributed by atoms with van der Waals surface area (Å²) in [6.07, 6.45) is 1.78. The molecule has 202 valence electrons. The predicted octanol–water partition coefficient (Wildman–Crippen LogP) is 6.03. The smallest absolute Gasteiger partial charge is 0.420 e. The first-order valence-corrected chi connectivity index (χ1v) is 13.0. The van der Waals surface area contributed by atoms with E-state index in [1.54, 1.807) is 17.2 Å². The quantitative estimate of drug-likeness (QED) is 0.256. The molecule has 1 heterocycles. The first-order chi connectivity index (χ1) is 18.9. The molecule has 0 saturated heterocycles. The number of anilines is 3. The Balaban J connectivity index is 1.51. The SMILES string of the molecule is Cc1cccc(C)c1OC(=O)N(CCc1ccccc1)c1ccnc(Nc2ccc(OCCN(C)C)cc2)n1. The molecular weight excluding hydrogens is 490 g/mol. The zero-order valence-electron chi connectivity index (χ0n) is 22.9. The maximum atomic E-state index is 13.5. The Kier molecular flexibility index (Phi) is 9.48. The topological polar surface area (TPSA) is 79.8 Å². The van der Waals surface area contributed by atoms with Crippen molar-refractivity contribution in [3.05, 3.63) is 102 Å². The molecule has 1 aromatic heterocycles. The van der Waals surface area contributed by atoms with Crippen LogP contribution in [-0.2, 0) is 6.42 Å². The van der Waals surface area contributed by atoms with E-state index >= 15 is 0 Å². The van der Waals surface area contributed by atoms with Crippen molar-refractivity contribution in [2.45, 2.75) is 20.3 Å². The van der Waals surface area contributed by atoms with Crippen LogP contribution >= 0.6 is 0 Å². The molecule has 0 aliphatic heterocycles. The van der Waals surface area contributed by atoms with E-state index in [9.17, 15) is 4.79 Å². The molecule has 39 heavy (non-hydrogen) atoms. The van der Waals surface area contributed by atoms with Gasteiger partial charge in [0.15, 0.2) is 0 Å².